The Labute approximate surface area is 147 Å². The van der Waals surface area contributed by atoms with Gasteiger partial charge in [0.05, 0.1) is 10.6 Å². The van der Waals surface area contributed by atoms with Gasteiger partial charge in [-0.25, -0.2) is 8.42 Å². The topological polar surface area (TPSA) is 72.4 Å². The molecule has 0 fully saturated rings. The number of halogens is 3. The molecular formula is C16H14F3N3O3S. The van der Waals surface area contributed by atoms with Crippen LogP contribution >= 0.6 is 0 Å². The highest BCUT2D eigenvalue weighted by molar-refractivity contribution is 7.89. The first-order valence-electron chi connectivity index (χ1n) is 7.33. The van der Waals surface area contributed by atoms with Crippen molar-refractivity contribution in [3.63, 3.8) is 0 Å². The zero-order valence-corrected chi connectivity index (χ0v) is 14.2. The number of para-hydroxylation sites is 1. The lowest BCUT2D eigenvalue weighted by atomic mass is 10.2. The molecule has 3 aromatic rings. The minimum absolute atomic E-state index is 0.209. The summed E-state index contributed by atoms with van der Waals surface area (Å²) in [4.78, 5) is 2.00. The highest BCUT2D eigenvalue weighted by Crippen LogP contribution is 2.26. The molecule has 0 aliphatic carbocycles. The number of aryl methyl sites for hydroxylation is 1. The number of nitrogens with one attached hydrogen (secondary N) is 2. The van der Waals surface area contributed by atoms with E-state index in [-0.39, 0.29) is 4.90 Å². The fraction of sp³-hybridized carbons (Fsp3) is 0.125. The molecule has 2 aromatic carbocycles. The molecule has 10 heteroatoms. The lowest BCUT2D eigenvalue weighted by Crippen LogP contribution is -2.29. The number of nitrogens with zero attached hydrogens (tertiary/aromatic N) is 1. The molecule has 0 saturated carbocycles. The molecule has 0 unspecified atom stereocenters. The van der Waals surface area contributed by atoms with Crippen molar-refractivity contribution < 1.29 is 26.3 Å². The molecule has 0 aliphatic rings. The average molecular weight is 385 g/mol. The predicted octanol–water partition coefficient (Wildman–Crippen LogP) is 3.38. The summed E-state index contributed by atoms with van der Waals surface area (Å²) in [6, 6.07) is 11.3. The third-order valence-electron chi connectivity index (χ3n) is 3.58. The van der Waals surface area contributed by atoms with E-state index in [2.05, 4.69) is 15.0 Å². The highest BCUT2D eigenvalue weighted by atomic mass is 32.2. The number of hydrazine groups is 1. The number of aromatic nitrogens is 1. The molecule has 2 N–H and O–H groups in total. The molecule has 3 rings (SSSR count). The molecule has 26 heavy (non-hydrogen) atoms. The highest BCUT2D eigenvalue weighted by Gasteiger charge is 2.31. The van der Waals surface area contributed by atoms with E-state index in [4.69, 9.17) is 0 Å². The first-order valence-corrected chi connectivity index (χ1v) is 8.82. The van der Waals surface area contributed by atoms with E-state index in [1.54, 1.807) is 6.20 Å². The van der Waals surface area contributed by atoms with Crippen LogP contribution in [0.3, 0.4) is 0 Å². The molecule has 0 amide bonds. The number of benzene rings is 2. The van der Waals surface area contributed by atoms with Gasteiger partial charge in [0.1, 0.15) is 5.75 Å². The Morgan fingerprint density at radius 3 is 2.35 bits per heavy atom. The molecule has 0 bridgehead atoms. The number of ether oxygens (including phenoxy) is 1. The van der Waals surface area contributed by atoms with Gasteiger partial charge >= 0.3 is 6.36 Å². The summed E-state index contributed by atoms with van der Waals surface area (Å²) in [5.41, 5.74) is 4.08. The number of rotatable bonds is 5. The van der Waals surface area contributed by atoms with Crippen LogP contribution in [0.2, 0.25) is 0 Å². The predicted molar refractivity (Wildman–Crippen MR) is 90.0 cm³/mol. The zero-order chi connectivity index (χ0) is 18.9. The number of hydrogen-bond acceptors (Lipinski definition) is 4. The van der Waals surface area contributed by atoms with E-state index in [9.17, 15) is 21.6 Å². The van der Waals surface area contributed by atoms with Crippen molar-refractivity contribution in [2.45, 2.75) is 11.3 Å². The van der Waals surface area contributed by atoms with Gasteiger partial charge in [-0.2, -0.15) is 0 Å². The van der Waals surface area contributed by atoms with Crippen LogP contribution in [0.4, 0.5) is 18.9 Å². The fourth-order valence-electron chi connectivity index (χ4n) is 2.44. The summed E-state index contributed by atoms with van der Waals surface area (Å²) in [5.74, 6) is -0.501. The minimum Gasteiger partial charge on any atom is -0.406 e. The van der Waals surface area contributed by atoms with E-state index in [0.717, 1.165) is 35.2 Å². The molecular weight excluding hydrogens is 371 g/mol. The van der Waals surface area contributed by atoms with Gasteiger partial charge in [-0.05, 0) is 30.3 Å². The van der Waals surface area contributed by atoms with Crippen molar-refractivity contribution in [3.05, 3.63) is 54.7 Å². The zero-order valence-electron chi connectivity index (χ0n) is 13.4. The van der Waals surface area contributed by atoms with Gasteiger partial charge in [-0.1, -0.05) is 18.2 Å². The van der Waals surface area contributed by atoms with Gasteiger partial charge in [-0.3, -0.25) is 0 Å². The SMILES string of the molecule is Cn1cc(NNS(=O)(=O)c2ccc(OC(F)(F)F)cc2)c2ccccc21. The summed E-state index contributed by atoms with van der Waals surface area (Å²) >= 11 is 0. The van der Waals surface area contributed by atoms with Crippen molar-refractivity contribution in [1.82, 2.24) is 9.40 Å². The molecule has 0 radical (unpaired) electrons. The molecule has 1 heterocycles. The third kappa shape index (κ3) is 3.92. The van der Waals surface area contributed by atoms with Crippen LogP contribution < -0.4 is 15.0 Å². The Kier molecular flexibility index (Phi) is 4.55. The maximum Gasteiger partial charge on any atom is 0.573 e. The average Bonchev–Trinajstić information content (AvgIpc) is 2.89. The molecule has 0 atom stereocenters. The van der Waals surface area contributed by atoms with Crippen LogP contribution in [-0.4, -0.2) is 19.3 Å². The summed E-state index contributed by atoms with van der Waals surface area (Å²) in [6.07, 6.45) is -3.12. The maximum absolute atomic E-state index is 12.3. The van der Waals surface area contributed by atoms with Crippen molar-refractivity contribution in [2.75, 3.05) is 5.43 Å². The monoisotopic (exact) mass is 385 g/mol. The summed E-state index contributed by atoms with van der Waals surface area (Å²) < 4.78 is 66.6. The Morgan fingerprint density at radius 2 is 1.69 bits per heavy atom. The second-order valence-electron chi connectivity index (χ2n) is 5.42. The van der Waals surface area contributed by atoms with Gasteiger partial charge in [0, 0.05) is 24.1 Å². The van der Waals surface area contributed by atoms with E-state index in [1.807, 2.05) is 35.9 Å². The molecule has 0 aliphatic heterocycles. The van der Waals surface area contributed by atoms with E-state index < -0.39 is 22.1 Å². The molecule has 0 saturated heterocycles. The van der Waals surface area contributed by atoms with Gasteiger partial charge < -0.3 is 14.7 Å². The van der Waals surface area contributed by atoms with E-state index >= 15 is 0 Å². The molecule has 1 aromatic heterocycles. The Bertz CT molecular complexity index is 1030. The number of sulfonamides is 1. The van der Waals surface area contributed by atoms with Crippen LogP contribution in [0.5, 0.6) is 5.75 Å². The molecule has 138 valence electrons. The number of alkyl halides is 3. The summed E-state index contributed by atoms with van der Waals surface area (Å²) in [6.45, 7) is 0. The normalized spacial score (nSPS) is 12.3. The Hall–Kier alpha value is -2.72. The van der Waals surface area contributed by atoms with Crippen LogP contribution in [0.1, 0.15) is 0 Å². The smallest absolute Gasteiger partial charge is 0.406 e. The second-order valence-corrected chi connectivity index (χ2v) is 7.10. The molecule has 0 spiro atoms. The van der Waals surface area contributed by atoms with Crippen molar-refractivity contribution in [1.29, 1.82) is 0 Å². The maximum atomic E-state index is 12.3. The third-order valence-corrected chi connectivity index (χ3v) is 4.85. The first kappa shape index (κ1) is 18.1. The quantitative estimate of drug-likeness (QED) is 0.661. The largest absolute Gasteiger partial charge is 0.573 e. The lowest BCUT2D eigenvalue weighted by molar-refractivity contribution is -0.274. The van der Waals surface area contributed by atoms with E-state index in [0.29, 0.717) is 5.69 Å². The summed E-state index contributed by atoms with van der Waals surface area (Å²) in [7, 11) is -2.16. The van der Waals surface area contributed by atoms with Crippen molar-refractivity contribution in [3.8, 4) is 5.75 Å². The van der Waals surface area contributed by atoms with E-state index in [1.165, 1.54) is 0 Å². The molecule has 6 nitrogen and oxygen atoms in total. The lowest BCUT2D eigenvalue weighted by Gasteiger charge is -2.11. The van der Waals surface area contributed by atoms with Gasteiger partial charge in [0.15, 0.2) is 0 Å². The standard InChI is InChI=1S/C16H14F3N3O3S/c1-22-10-14(13-4-2-3-5-15(13)22)20-21-26(23,24)12-8-6-11(7-9-12)25-16(17,18)19/h2-10,20-21H,1H3. The number of fused-ring (bicyclic) bond motifs is 1. The van der Waals surface area contributed by atoms with Gasteiger partial charge in [0.2, 0.25) is 0 Å². The van der Waals surface area contributed by atoms with Crippen LogP contribution in [0, 0.1) is 0 Å². The Morgan fingerprint density at radius 1 is 1.04 bits per heavy atom. The Balaban J connectivity index is 1.76. The summed E-state index contributed by atoms with van der Waals surface area (Å²) in [5, 5.41) is 0.812. The van der Waals surface area contributed by atoms with Gasteiger partial charge in [-0.15, -0.1) is 18.0 Å². The fourth-order valence-corrected chi connectivity index (χ4v) is 3.30. The number of hydrogen-bond donors (Lipinski definition) is 2. The van der Waals surface area contributed by atoms with Crippen LogP contribution in [0.15, 0.2) is 59.6 Å². The van der Waals surface area contributed by atoms with Crippen molar-refractivity contribution in [2.24, 2.45) is 7.05 Å². The second kappa shape index (κ2) is 6.54. The number of anilines is 1. The minimum atomic E-state index is -4.84. The first-order chi connectivity index (χ1) is 12.2. The van der Waals surface area contributed by atoms with Crippen molar-refractivity contribution >= 4 is 26.6 Å². The van der Waals surface area contributed by atoms with Crippen LogP contribution in [-0.2, 0) is 17.1 Å². The van der Waals surface area contributed by atoms with Gasteiger partial charge in [0.25, 0.3) is 10.0 Å². The van der Waals surface area contributed by atoms with Crippen LogP contribution in [0.25, 0.3) is 10.9 Å².